The Hall–Kier alpha value is -1.29. The molecule has 0 aliphatic heterocycles. The van der Waals surface area contributed by atoms with Gasteiger partial charge in [0.15, 0.2) is 0 Å². The maximum Gasteiger partial charge on any atom is 0.237 e. The van der Waals surface area contributed by atoms with E-state index in [-0.39, 0.29) is 11.9 Å². The van der Waals surface area contributed by atoms with Gasteiger partial charge < -0.3 is 15.2 Å². The summed E-state index contributed by atoms with van der Waals surface area (Å²) in [4.78, 5) is 11.7. The van der Waals surface area contributed by atoms with Gasteiger partial charge in [-0.3, -0.25) is 4.79 Å². The van der Waals surface area contributed by atoms with Crippen LogP contribution in [0, 0.1) is 0 Å². The second-order valence-corrected chi connectivity index (χ2v) is 5.14. The molecule has 1 aliphatic carbocycles. The molecular formula is C14H23N3O. The zero-order valence-electron chi connectivity index (χ0n) is 11.3. The van der Waals surface area contributed by atoms with Crippen molar-refractivity contribution in [1.29, 1.82) is 0 Å². The zero-order valence-corrected chi connectivity index (χ0v) is 11.3. The van der Waals surface area contributed by atoms with Crippen LogP contribution in [0.1, 0.15) is 38.7 Å². The summed E-state index contributed by atoms with van der Waals surface area (Å²) < 4.78 is 2.19. The molecule has 0 bridgehead atoms. The minimum Gasteiger partial charge on any atom is -0.354 e. The molecule has 2 N–H and O–H groups in total. The highest BCUT2D eigenvalue weighted by atomic mass is 16.2. The molecule has 1 aliphatic rings. The number of nitrogens with zero attached hydrogens (tertiary/aromatic N) is 1. The van der Waals surface area contributed by atoms with Crippen molar-refractivity contribution in [3.8, 4) is 0 Å². The Labute approximate surface area is 109 Å². The molecule has 1 aromatic rings. The third-order valence-corrected chi connectivity index (χ3v) is 3.22. The monoisotopic (exact) mass is 249 g/mol. The van der Waals surface area contributed by atoms with E-state index in [9.17, 15) is 4.79 Å². The molecular weight excluding hydrogens is 226 g/mol. The van der Waals surface area contributed by atoms with Gasteiger partial charge in [0.05, 0.1) is 6.04 Å². The number of rotatable bonds is 7. The lowest BCUT2D eigenvalue weighted by Crippen LogP contribution is -2.42. The van der Waals surface area contributed by atoms with Crippen molar-refractivity contribution < 1.29 is 4.79 Å². The van der Waals surface area contributed by atoms with E-state index in [4.69, 9.17) is 0 Å². The maximum atomic E-state index is 11.7. The summed E-state index contributed by atoms with van der Waals surface area (Å²) in [6, 6.07) is 2.42. The first-order chi connectivity index (χ1) is 8.69. The van der Waals surface area contributed by atoms with E-state index < -0.39 is 0 Å². The summed E-state index contributed by atoms with van der Waals surface area (Å²) >= 11 is 0. The first-order valence-electron chi connectivity index (χ1n) is 6.87. The summed E-state index contributed by atoms with van der Waals surface area (Å²) in [6.45, 7) is 5.89. The van der Waals surface area contributed by atoms with Crippen LogP contribution < -0.4 is 10.6 Å². The second kappa shape index (κ2) is 6.05. The average Bonchev–Trinajstić information content (AvgIpc) is 3.05. The molecule has 1 fully saturated rings. The number of carbonyl (C=O) groups is 1. The van der Waals surface area contributed by atoms with Crippen LogP contribution in [-0.4, -0.2) is 22.6 Å². The Balaban J connectivity index is 1.73. The van der Waals surface area contributed by atoms with Gasteiger partial charge in [0.1, 0.15) is 0 Å². The van der Waals surface area contributed by atoms with Crippen LogP contribution in [0.2, 0.25) is 0 Å². The maximum absolute atomic E-state index is 11.7. The number of nitrogens with one attached hydrogen (secondary N) is 2. The summed E-state index contributed by atoms with van der Waals surface area (Å²) in [7, 11) is 0. The Kier molecular flexibility index (Phi) is 4.42. The molecule has 0 spiro atoms. The largest absolute Gasteiger partial charge is 0.354 e. The van der Waals surface area contributed by atoms with E-state index in [0.29, 0.717) is 6.04 Å². The Morgan fingerprint density at radius 2 is 2.33 bits per heavy atom. The Bertz CT molecular complexity index is 395. The molecule has 0 saturated heterocycles. The van der Waals surface area contributed by atoms with Crippen molar-refractivity contribution in [3.05, 3.63) is 24.0 Å². The Morgan fingerprint density at radius 3 is 3.00 bits per heavy atom. The minimum atomic E-state index is -0.125. The van der Waals surface area contributed by atoms with Gasteiger partial charge in [0.25, 0.3) is 0 Å². The van der Waals surface area contributed by atoms with Crippen molar-refractivity contribution in [3.63, 3.8) is 0 Å². The van der Waals surface area contributed by atoms with E-state index in [2.05, 4.69) is 40.6 Å². The van der Waals surface area contributed by atoms with Gasteiger partial charge in [-0.2, -0.15) is 0 Å². The second-order valence-electron chi connectivity index (χ2n) is 5.14. The van der Waals surface area contributed by atoms with E-state index in [1.807, 2.05) is 6.92 Å². The SMILES string of the molecule is CCCn1ccc(CNC(C)C(=O)NC2CC2)c1. The molecule has 1 atom stereocenters. The van der Waals surface area contributed by atoms with Gasteiger partial charge >= 0.3 is 0 Å². The third kappa shape index (κ3) is 3.88. The number of hydrogen-bond acceptors (Lipinski definition) is 2. The number of aromatic nitrogens is 1. The van der Waals surface area contributed by atoms with Gasteiger partial charge in [-0.25, -0.2) is 0 Å². The van der Waals surface area contributed by atoms with Gasteiger partial charge in [0.2, 0.25) is 5.91 Å². The van der Waals surface area contributed by atoms with Crippen LogP contribution in [0.25, 0.3) is 0 Å². The van der Waals surface area contributed by atoms with Crippen LogP contribution in [-0.2, 0) is 17.9 Å². The number of carbonyl (C=O) groups excluding carboxylic acids is 1. The molecule has 18 heavy (non-hydrogen) atoms. The van der Waals surface area contributed by atoms with Crippen molar-refractivity contribution in [1.82, 2.24) is 15.2 Å². The highest BCUT2D eigenvalue weighted by Gasteiger charge is 2.25. The molecule has 1 aromatic heterocycles. The molecule has 1 saturated carbocycles. The minimum absolute atomic E-state index is 0.116. The predicted molar refractivity (Wildman–Crippen MR) is 72.2 cm³/mol. The van der Waals surface area contributed by atoms with Gasteiger partial charge in [0, 0.05) is 31.5 Å². The predicted octanol–water partition coefficient (Wildman–Crippen LogP) is 1.65. The molecule has 0 radical (unpaired) electrons. The molecule has 100 valence electrons. The standard InChI is InChI=1S/C14H23N3O/c1-3-7-17-8-6-12(10-17)9-15-11(2)14(18)16-13-4-5-13/h6,8,10-11,13,15H,3-5,7,9H2,1-2H3,(H,16,18). The van der Waals surface area contributed by atoms with E-state index in [0.717, 1.165) is 32.4 Å². The highest BCUT2D eigenvalue weighted by molar-refractivity contribution is 5.81. The quantitative estimate of drug-likeness (QED) is 0.772. The van der Waals surface area contributed by atoms with Crippen LogP contribution in [0.4, 0.5) is 0 Å². The lowest BCUT2D eigenvalue weighted by Gasteiger charge is -2.13. The highest BCUT2D eigenvalue weighted by Crippen LogP contribution is 2.18. The molecule has 1 amide bonds. The first kappa shape index (κ1) is 13.1. The van der Waals surface area contributed by atoms with Gasteiger partial charge in [-0.05, 0) is 37.8 Å². The summed E-state index contributed by atoms with van der Waals surface area (Å²) in [6.07, 6.45) is 7.65. The van der Waals surface area contributed by atoms with E-state index in [1.165, 1.54) is 5.56 Å². The fourth-order valence-electron chi connectivity index (χ4n) is 1.91. The normalized spacial score (nSPS) is 16.6. The van der Waals surface area contributed by atoms with Crippen molar-refractivity contribution >= 4 is 5.91 Å². The molecule has 4 nitrogen and oxygen atoms in total. The third-order valence-electron chi connectivity index (χ3n) is 3.22. The van der Waals surface area contributed by atoms with Crippen LogP contribution in [0.3, 0.4) is 0 Å². The molecule has 1 heterocycles. The smallest absolute Gasteiger partial charge is 0.237 e. The lowest BCUT2D eigenvalue weighted by molar-refractivity contribution is -0.122. The summed E-state index contributed by atoms with van der Waals surface area (Å²) in [5.41, 5.74) is 1.23. The molecule has 0 aromatic carbocycles. The van der Waals surface area contributed by atoms with Gasteiger partial charge in [-0.1, -0.05) is 6.92 Å². The fraction of sp³-hybridized carbons (Fsp3) is 0.643. The van der Waals surface area contributed by atoms with E-state index in [1.54, 1.807) is 0 Å². The summed E-state index contributed by atoms with van der Waals surface area (Å²) in [5.74, 6) is 0.116. The van der Waals surface area contributed by atoms with Crippen LogP contribution in [0.5, 0.6) is 0 Å². The number of amides is 1. The number of aryl methyl sites for hydroxylation is 1. The van der Waals surface area contributed by atoms with Crippen molar-refractivity contribution in [2.24, 2.45) is 0 Å². The Morgan fingerprint density at radius 1 is 1.56 bits per heavy atom. The van der Waals surface area contributed by atoms with E-state index >= 15 is 0 Å². The van der Waals surface area contributed by atoms with Crippen LogP contribution >= 0.6 is 0 Å². The molecule has 4 heteroatoms. The fourth-order valence-corrected chi connectivity index (χ4v) is 1.91. The van der Waals surface area contributed by atoms with Crippen molar-refractivity contribution in [2.45, 2.75) is 58.3 Å². The molecule has 2 rings (SSSR count). The topological polar surface area (TPSA) is 46.1 Å². The van der Waals surface area contributed by atoms with Gasteiger partial charge in [-0.15, -0.1) is 0 Å². The average molecular weight is 249 g/mol. The van der Waals surface area contributed by atoms with Crippen LogP contribution in [0.15, 0.2) is 18.5 Å². The lowest BCUT2D eigenvalue weighted by atomic mass is 10.2. The summed E-state index contributed by atoms with van der Waals surface area (Å²) in [5, 5.41) is 6.27. The van der Waals surface area contributed by atoms with Crippen molar-refractivity contribution in [2.75, 3.05) is 0 Å². The molecule has 1 unspecified atom stereocenters. The zero-order chi connectivity index (χ0) is 13.0. The first-order valence-corrected chi connectivity index (χ1v) is 6.87. The number of hydrogen-bond donors (Lipinski definition) is 2.